The van der Waals surface area contributed by atoms with Gasteiger partial charge in [-0.2, -0.15) is 0 Å². The summed E-state index contributed by atoms with van der Waals surface area (Å²) in [5.74, 6) is -0.560. The van der Waals surface area contributed by atoms with Crippen LogP contribution < -0.4 is 10.2 Å². The Morgan fingerprint density at radius 3 is 2.21 bits per heavy atom. The average Bonchev–Trinajstić information content (AvgIpc) is 2.62. The van der Waals surface area contributed by atoms with Crippen molar-refractivity contribution in [2.24, 2.45) is 5.92 Å². The summed E-state index contributed by atoms with van der Waals surface area (Å²) in [5.41, 5.74) is 3.44. The normalized spacial score (nSPS) is 10.7. The Bertz CT molecular complexity index is 832. The molecular weight excluding hydrogens is 357 g/mol. The first-order valence-electron chi connectivity index (χ1n) is 9.28. The Morgan fingerprint density at radius 2 is 1.68 bits per heavy atom. The van der Waals surface area contributed by atoms with Gasteiger partial charge in [0.25, 0.3) is 0 Å². The molecule has 0 bridgehead atoms. The van der Waals surface area contributed by atoms with Gasteiger partial charge in [-0.05, 0) is 41.5 Å². The van der Waals surface area contributed by atoms with Crippen molar-refractivity contribution in [3.8, 4) is 0 Å². The van der Waals surface area contributed by atoms with Crippen LogP contribution in [0.15, 0.2) is 42.5 Å². The van der Waals surface area contributed by atoms with Crippen molar-refractivity contribution < 1.29 is 14.0 Å². The Balaban J connectivity index is 2.29. The molecule has 2 rings (SSSR count). The van der Waals surface area contributed by atoms with Gasteiger partial charge < -0.3 is 15.1 Å². The fraction of sp³-hybridized carbons (Fsp3) is 0.364. The highest BCUT2D eigenvalue weighted by molar-refractivity contribution is 5.92. The molecule has 1 N–H and O–H groups in total. The average molecular weight is 385 g/mol. The van der Waals surface area contributed by atoms with Crippen LogP contribution in [0.2, 0.25) is 0 Å². The topological polar surface area (TPSA) is 52.7 Å². The SMILES string of the molecule is CC(=O)N(Cc1ccc(F)cc1)Cc1cc(NC(=O)C(C)C)ccc1N(C)C. The highest BCUT2D eigenvalue weighted by atomic mass is 19.1. The maximum Gasteiger partial charge on any atom is 0.226 e. The predicted molar refractivity (Wildman–Crippen MR) is 111 cm³/mol. The van der Waals surface area contributed by atoms with Gasteiger partial charge in [0.05, 0.1) is 0 Å². The lowest BCUT2D eigenvalue weighted by Crippen LogP contribution is -2.28. The minimum Gasteiger partial charge on any atom is -0.377 e. The number of nitrogens with one attached hydrogen (secondary N) is 1. The molecule has 0 unspecified atom stereocenters. The molecule has 0 heterocycles. The number of carbonyl (C=O) groups is 2. The summed E-state index contributed by atoms with van der Waals surface area (Å²) in [6, 6.07) is 11.8. The molecule has 2 aromatic rings. The van der Waals surface area contributed by atoms with Crippen LogP contribution in [0.3, 0.4) is 0 Å². The molecule has 0 fully saturated rings. The second-order valence-corrected chi connectivity index (χ2v) is 7.38. The van der Waals surface area contributed by atoms with Crippen LogP contribution in [-0.2, 0) is 22.7 Å². The zero-order valence-corrected chi connectivity index (χ0v) is 17.1. The van der Waals surface area contributed by atoms with E-state index < -0.39 is 0 Å². The number of benzene rings is 2. The summed E-state index contributed by atoms with van der Waals surface area (Å²) >= 11 is 0. The molecule has 0 radical (unpaired) electrons. The van der Waals surface area contributed by atoms with Gasteiger partial charge in [-0.1, -0.05) is 26.0 Å². The lowest BCUT2D eigenvalue weighted by Gasteiger charge is -2.25. The second kappa shape index (κ2) is 9.35. The van der Waals surface area contributed by atoms with Gasteiger partial charge in [0.1, 0.15) is 5.82 Å². The smallest absolute Gasteiger partial charge is 0.226 e. The third kappa shape index (κ3) is 5.81. The Hall–Kier alpha value is -2.89. The van der Waals surface area contributed by atoms with Crippen molar-refractivity contribution in [1.82, 2.24) is 4.90 Å². The molecule has 0 aliphatic rings. The van der Waals surface area contributed by atoms with Gasteiger partial charge in [0, 0.05) is 51.4 Å². The summed E-state index contributed by atoms with van der Waals surface area (Å²) in [5, 5.41) is 2.90. The van der Waals surface area contributed by atoms with E-state index in [9.17, 15) is 14.0 Å². The summed E-state index contributed by atoms with van der Waals surface area (Å²) < 4.78 is 13.2. The maximum absolute atomic E-state index is 13.2. The molecule has 6 heteroatoms. The number of rotatable bonds is 7. The Labute approximate surface area is 166 Å². The van der Waals surface area contributed by atoms with Gasteiger partial charge in [-0.25, -0.2) is 4.39 Å². The zero-order valence-electron chi connectivity index (χ0n) is 17.1. The highest BCUT2D eigenvalue weighted by Gasteiger charge is 2.16. The van der Waals surface area contributed by atoms with Crippen molar-refractivity contribution in [3.63, 3.8) is 0 Å². The Morgan fingerprint density at radius 1 is 1.04 bits per heavy atom. The minimum atomic E-state index is -0.304. The van der Waals surface area contributed by atoms with Crippen LogP contribution in [-0.4, -0.2) is 30.8 Å². The molecule has 0 spiro atoms. The van der Waals surface area contributed by atoms with E-state index in [1.54, 1.807) is 17.0 Å². The van der Waals surface area contributed by atoms with Crippen molar-refractivity contribution in [1.29, 1.82) is 0 Å². The zero-order chi connectivity index (χ0) is 20.8. The van der Waals surface area contributed by atoms with Crippen molar-refractivity contribution in [2.45, 2.75) is 33.9 Å². The standard InChI is InChI=1S/C22H28FN3O2/c1-15(2)22(28)24-20-10-11-21(25(4)5)18(12-20)14-26(16(3)27)13-17-6-8-19(23)9-7-17/h6-12,15H,13-14H2,1-5H3,(H,24,28). The molecule has 0 saturated carbocycles. The summed E-state index contributed by atoms with van der Waals surface area (Å²) in [6.45, 7) is 5.95. The van der Waals surface area contributed by atoms with E-state index in [4.69, 9.17) is 0 Å². The fourth-order valence-corrected chi connectivity index (χ4v) is 2.81. The molecule has 0 aliphatic heterocycles. The summed E-state index contributed by atoms with van der Waals surface area (Å²) in [6.07, 6.45) is 0. The van der Waals surface area contributed by atoms with Gasteiger partial charge in [-0.15, -0.1) is 0 Å². The molecule has 0 atom stereocenters. The van der Waals surface area contributed by atoms with E-state index in [1.165, 1.54) is 19.1 Å². The lowest BCUT2D eigenvalue weighted by molar-refractivity contribution is -0.130. The fourth-order valence-electron chi connectivity index (χ4n) is 2.81. The monoisotopic (exact) mass is 385 g/mol. The number of hydrogen-bond donors (Lipinski definition) is 1. The number of hydrogen-bond acceptors (Lipinski definition) is 3. The third-order valence-corrected chi connectivity index (χ3v) is 4.45. The van der Waals surface area contributed by atoms with Crippen LogP contribution in [0.5, 0.6) is 0 Å². The van der Waals surface area contributed by atoms with E-state index in [1.807, 2.05) is 51.0 Å². The van der Waals surface area contributed by atoms with Crippen molar-refractivity contribution in [3.05, 3.63) is 59.4 Å². The van der Waals surface area contributed by atoms with E-state index in [2.05, 4.69) is 5.32 Å². The molecule has 2 amide bonds. The molecule has 28 heavy (non-hydrogen) atoms. The number of amides is 2. The van der Waals surface area contributed by atoms with Crippen LogP contribution in [0.25, 0.3) is 0 Å². The van der Waals surface area contributed by atoms with Crippen LogP contribution in [0.1, 0.15) is 31.9 Å². The third-order valence-electron chi connectivity index (χ3n) is 4.45. The van der Waals surface area contributed by atoms with Gasteiger partial charge in [0.2, 0.25) is 11.8 Å². The highest BCUT2D eigenvalue weighted by Crippen LogP contribution is 2.25. The second-order valence-electron chi connectivity index (χ2n) is 7.38. The molecule has 0 aliphatic carbocycles. The maximum atomic E-state index is 13.2. The van der Waals surface area contributed by atoms with Gasteiger partial charge >= 0.3 is 0 Å². The first kappa shape index (κ1) is 21.4. The Kier molecular flexibility index (Phi) is 7.15. The number of anilines is 2. The number of nitrogens with zero attached hydrogens (tertiary/aromatic N) is 2. The van der Waals surface area contributed by atoms with E-state index >= 15 is 0 Å². The molecule has 5 nitrogen and oxygen atoms in total. The molecule has 0 aromatic heterocycles. The quantitative estimate of drug-likeness (QED) is 0.783. The van der Waals surface area contributed by atoms with E-state index in [0.29, 0.717) is 18.8 Å². The van der Waals surface area contributed by atoms with Crippen LogP contribution in [0, 0.1) is 11.7 Å². The molecular formula is C22H28FN3O2. The van der Waals surface area contributed by atoms with Crippen molar-refractivity contribution in [2.75, 3.05) is 24.3 Å². The number of halogens is 1. The minimum absolute atomic E-state index is 0.0571. The first-order chi connectivity index (χ1) is 13.2. The van der Waals surface area contributed by atoms with Crippen LogP contribution >= 0.6 is 0 Å². The number of carbonyl (C=O) groups excluding carboxylic acids is 2. The van der Waals surface area contributed by atoms with Gasteiger partial charge in [-0.3, -0.25) is 9.59 Å². The molecule has 2 aromatic carbocycles. The summed E-state index contributed by atoms with van der Waals surface area (Å²) in [4.78, 5) is 27.9. The van der Waals surface area contributed by atoms with Crippen LogP contribution in [0.4, 0.5) is 15.8 Å². The summed E-state index contributed by atoms with van der Waals surface area (Å²) in [7, 11) is 3.87. The lowest BCUT2D eigenvalue weighted by atomic mass is 10.1. The van der Waals surface area contributed by atoms with E-state index in [0.717, 1.165) is 16.8 Å². The molecule has 150 valence electrons. The van der Waals surface area contributed by atoms with Gasteiger partial charge in [0.15, 0.2) is 0 Å². The first-order valence-corrected chi connectivity index (χ1v) is 9.28. The largest absolute Gasteiger partial charge is 0.377 e. The van der Waals surface area contributed by atoms with E-state index in [-0.39, 0.29) is 23.5 Å². The predicted octanol–water partition coefficient (Wildman–Crippen LogP) is 4.03. The van der Waals surface area contributed by atoms with Crippen molar-refractivity contribution >= 4 is 23.2 Å². The molecule has 0 saturated heterocycles.